The van der Waals surface area contributed by atoms with Crippen LogP contribution in [0.25, 0.3) is 0 Å². The van der Waals surface area contributed by atoms with Crippen molar-refractivity contribution in [1.29, 1.82) is 0 Å². The lowest BCUT2D eigenvalue weighted by Crippen LogP contribution is -2.38. The Labute approximate surface area is 137 Å². The zero-order valence-electron chi connectivity index (χ0n) is 13.6. The summed E-state index contributed by atoms with van der Waals surface area (Å²) in [5.74, 6) is 0.755. The van der Waals surface area contributed by atoms with Crippen molar-refractivity contribution >= 4 is 10.0 Å². The number of methoxy groups -OCH3 is 1. The maximum atomic E-state index is 13.0. The summed E-state index contributed by atoms with van der Waals surface area (Å²) in [4.78, 5) is 0.357. The lowest BCUT2D eigenvalue weighted by molar-refractivity contribution is 0.324. The second kappa shape index (κ2) is 5.98. The molecule has 0 radical (unpaired) electrons. The van der Waals surface area contributed by atoms with Crippen molar-refractivity contribution in [1.82, 2.24) is 4.31 Å². The standard InChI is InChI=1S/C18H21NO3S/c1-13-5-4-6-17(11-13)23(20,21)19-10-9-15-7-8-16(22-3)12-18(15)14(19)2/h4-8,11-12,14H,9-10H2,1-3H3. The number of hydrogen-bond acceptors (Lipinski definition) is 3. The molecule has 0 aromatic heterocycles. The van der Waals surface area contributed by atoms with E-state index in [9.17, 15) is 8.42 Å². The summed E-state index contributed by atoms with van der Waals surface area (Å²) in [5.41, 5.74) is 3.15. The summed E-state index contributed by atoms with van der Waals surface area (Å²) in [7, 11) is -1.88. The minimum atomic E-state index is -3.50. The molecule has 3 rings (SSSR count). The fraction of sp³-hybridized carbons (Fsp3) is 0.333. The second-order valence-corrected chi connectivity index (χ2v) is 7.81. The number of rotatable bonds is 3. The van der Waals surface area contributed by atoms with E-state index in [0.717, 1.165) is 16.9 Å². The van der Waals surface area contributed by atoms with E-state index in [1.54, 1.807) is 29.6 Å². The molecule has 2 aromatic carbocycles. The van der Waals surface area contributed by atoms with Gasteiger partial charge in [0, 0.05) is 12.6 Å². The molecule has 2 aromatic rings. The van der Waals surface area contributed by atoms with Gasteiger partial charge in [-0.1, -0.05) is 18.2 Å². The van der Waals surface area contributed by atoms with Crippen molar-refractivity contribution in [2.24, 2.45) is 0 Å². The molecule has 1 aliphatic heterocycles. The normalized spacial score (nSPS) is 18.5. The van der Waals surface area contributed by atoms with E-state index >= 15 is 0 Å². The molecule has 1 aliphatic rings. The van der Waals surface area contributed by atoms with Gasteiger partial charge >= 0.3 is 0 Å². The topological polar surface area (TPSA) is 46.6 Å². The third-order valence-electron chi connectivity index (χ3n) is 4.43. The van der Waals surface area contributed by atoms with Crippen molar-refractivity contribution in [2.75, 3.05) is 13.7 Å². The molecule has 0 fully saturated rings. The minimum absolute atomic E-state index is 0.209. The average Bonchev–Trinajstić information content (AvgIpc) is 2.54. The first kappa shape index (κ1) is 16.0. The van der Waals surface area contributed by atoms with Gasteiger partial charge in [0.1, 0.15) is 5.75 Å². The van der Waals surface area contributed by atoms with Gasteiger partial charge in [-0.15, -0.1) is 0 Å². The van der Waals surface area contributed by atoms with Crippen molar-refractivity contribution in [2.45, 2.75) is 31.2 Å². The number of ether oxygens (including phenoxy) is 1. The Bertz CT molecular complexity index is 830. The Morgan fingerprint density at radius 3 is 2.65 bits per heavy atom. The Balaban J connectivity index is 2.01. The van der Waals surface area contributed by atoms with Crippen LogP contribution in [0.1, 0.15) is 29.7 Å². The largest absolute Gasteiger partial charge is 0.497 e. The monoisotopic (exact) mass is 331 g/mol. The Morgan fingerprint density at radius 2 is 1.96 bits per heavy atom. The van der Waals surface area contributed by atoms with Crippen molar-refractivity contribution in [3.05, 3.63) is 59.2 Å². The van der Waals surface area contributed by atoms with E-state index in [-0.39, 0.29) is 6.04 Å². The zero-order valence-corrected chi connectivity index (χ0v) is 14.4. The van der Waals surface area contributed by atoms with Crippen molar-refractivity contribution in [3.63, 3.8) is 0 Å². The van der Waals surface area contributed by atoms with E-state index in [0.29, 0.717) is 17.9 Å². The molecule has 122 valence electrons. The van der Waals surface area contributed by atoms with Gasteiger partial charge in [-0.25, -0.2) is 8.42 Å². The van der Waals surface area contributed by atoms with Gasteiger partial charge < -0.3 is 4.74 Å². The molecule has 0 amide bonds. The fourth-order valence-corrected chi connectivity index (χ4v) is 4.85. The van der Waals surface area contributed by atoms with Gasteiger partial charge in [-0.05, 0) is 61.2 Å². The van der Waals surface area contributed by atoms with Gasteiger partial charge in [0.05, 0.1) is 12.0 Å². The molecule has 0 aliphatic carbocycles. The number of fused-ring (bicyclic) bond motifs is 1. The zero-order chi connectivity index (χ0) is 16.6. The van der Waals surface area contributed by atoms with Gasteiger partial charge in [-0.3, -0.25) is 0 Å². The van der Waals surface area contributed by atoms with Gasteiger partial charge in [0.15, 0.2) is 0 Å². The van der Waals surface area contributed by atoms with Crippen LogP contribution in [0.2, 0.25) is 0 Å². The molecule has 1 unspecified atom stereocenters. The first-order valence-corrected chi connectivity index (χ1v) is 9.13. The van der Waals surface area contributed by atoms with E-state index in [4.69, 9.17) is 4.74 Å². The molecular formula is C18H21NO3S. The summed E-state index contributed by atoms with van der Waals surface area (Å²) in [6.45, 7) is 4.33. The lowest BCUT2D eigenvalue weighted by Gasteiger charge is -2.34. The summed E-state index contributed by atoms with van der Waals surface area (Å²) in [5, 5.41) is 0. The summed E-state index contributed by atoms with van der Waals surface area (Å²) in [6, 6.07) is 12.8. The molecule has 4 nitrogen and oxygen atoms in total. The van der Waals surface area contributed by atoms with E-state index in [1.165, 1.54) is 5.56 Å². The van der Waals surface area contributed by atoms with E-state index in [2.05, 4.69) is 0 Å². The fourth-order valence-electron chi connectivity index (χ4n) is 3.14. The van der Waals surface area contributed by atoms with E-state index in [1.807, 2.05) is 38.1 Å². The number of benzene rings is 2. The molecule has 0 bridgehead atoms. The van der Waals surface area contributed by atoms with Crippen LogP contribution in [-0.2, 0) is 16.4 Å². The number of aryl methyl sites for hydroxylation is 1. The van der Waals surface area contributed by atoms with Crippen LogP contribution < -0.4 is 4.74 Å². The molecule has 1 atom stereocenters. The summed E-state index contributed by atoms with van der Waals surface area (Å²) in [6.07, 6.45) is 0.717. The third-order valence-corrected chi connectivity index (χ3v) is 6.40. The molecule has 1 heterocycles. The Hall–Kier alpha value is -1.85. The van der Waals surface area contributed by atoms with Gasteiger partial charge in [0.25, 0.3) is 0 Å². The SMILES string of the molecule is COc1ccc2c(c1)C(C)N(S(=O)(=O)c1cccc(C)c1)CC2. The Morgan fingerprint density at radius 1 is 1.17 bits per heavy atom. The third kappa shape index (κ3) is 2.86. The highest BCUT2D eigenvalue weighted by Crippen LogP contribution is 2.35. The number of sulfonamides is 1. The lowest BCUT2D eigenvalue weighted by atomic mass is 9.95. The highest BCUT2D eigenvalue weighted by molar-refractivity contribution is 7.89. The smallest absolute Gasteiger partial charge is 0.243 e. The number of hydrogen-bond donors (Lipinski definition) is 0. The van der Waals surface area contributed by atoms with Crippen LogP contribution in [0, 0.1) is 6.92 Å². The van der Waals surface area contributed by atoms with Gasteiger partial charge in [-0.2, -0.15) is 4.31 Å². The molecule has 23 heavy (non-hydrogen) atoms. The maximum Gasteiger partial charge on any atom is 0.243 e. The van der Waals surface area contributed by atoms with Crippen LogP contribution in [-0.4, -0.2) is 26.4 Å². The average molecular weight is 331 g/mol. The Kier molecular flexibility index (Phi) is 4.17. The molecule has 0 saturated heterocycles. The predicted octanol–water partition coefficient (Wildman–Crippen LogP) is 3.31. The first-order valence-electron chi connectivity index (χ1n) is 7.69. The van der Waals surface area contributed by atoms with Crippen molar-refractivity contribution in [3.8, 4) is 5.75 Å². The molecule has 0 spiro atoms. The predicted molar refractivity (Wildman–Crippen MR) is 90.2 cm³/mol. The molecular weight excluding hydrogens is 310 g/mol. The van der Waals surface area contributed by atoms with E-state index < -0.39 is 10.0 Å². The quantitative estimate of drug-likeness (QED) is 0.867. The highest BCUT2D eigenvalue weighted by Gasteiger charge is 2.34. The van der Waals surface area contributed by atoms with Crippen LogP contribution in [0.15, 0.2) is 47.4 Å². The molecule has 5 heteroatoms. The van der Waals surface area contributed by atoms with Crippen LogP contribution in [0.3, 0.4) is 0 Å². The second-order valence-electron chi connectivity index (χ2n) is 5.92. The van der Waals surface area contributed by atoms with Crippen LogP contribution in [0.4, 0.5) is 0 Å². The summed E-state index contributed by atoms with van der Waals surface area (Å²) >= 11 is 0. The summed E-state index contributed by atoms with van der Waals surface area (Å²) < 4.78 is 32.9. The van der Waals surface area contributed by atoms with Crippen LogP contribution >= 0.6 is 0 Å². The minimum Gasteiger partial charge on any atom is -0.497 e. The number of nitrogens with zero attached hydrogens (tertiary/aromatic N) is 1. The highest BCUT2D eigenvalue weighted by atomic mass is 32.2. The maximum absolute atomic E-state index is 13.0. The van der Waals surface area contributed by atoms with Crippen LogP contribution in [0.5, 0.6) is 5.75 Å². The molecule has 0 N–H and O–H groups in total. The van der Waals surface area contributed by atoms with Gasteiger partial charge in [0.2, 0.25) is 10.0 Å². The first-order chi connectivity index (χ1) is 10.9. The molecule has 0 saturated carbocycles. The van der Waals surface area contributed by atoms with Crippen molar-refractivity contribution < 1.29 is 13.2 Å².